The maximum Gasteiger partial charge on any atom is 0.147 e. The van der Waals surface area contributed by atoms with Gasteiger partial charge in [-0.2, -0.15) is 0 Å². The Kier molecular flexibility index (Phi) is 6.65. The van der Waals surface area contributed by atoms with Crippen molar-refractivity contribution in [2.75, 3.05) is 24.5 Å². The predicted octanol–water partition coefficient (Wildman–Crippen LogP) is 0.102. The molecule has 0 aliphatic carbocycles. The lowest BCUT2D eigenvalue weighted by atomic mass is 10.6. The molecule has 12 heavy (non-hydrogen) atoms. The molecule has 0 aromatic carbocycles. The van der Waals surface area contributed by atoms with Gasteiger partial charge in [-0.15, -0.1) is 0 Å². The van der Waals surface area contributed by atoms with E-state index in [1.54, 1.807) is 0 Å². The van der Waals surface area contributed by atoms with Gasteiger partial charge in [0.05, 0.1) is 0 Å². The van der Waals surface area contributed by atoms with Crippen molar-refractivity contribution in [2.24, 2.45) is 0 Å². The summed E-state index contributed by atoms with van der Waals surface area (Å²) in [5.41, 5.74) is 0. The van der Waals surface area contributed by atoms with Crippen LogP contribution < -0.4 is 0 Å². The highest BCUT2D eigenvalue weighted by Gasteiger charge is 1.95. The highest BCUT2D eigenvalue weighted by Crippen LogP contribution is 1.84. The van der Waals surface area contributed by atoms with Crippen LogP contribution in [0.15, 0.2) is 0 Å². The summed E-state index contributed by atoms with van der Waals surface area (Å²) >= 11 is 0. The molecule has 0 radical (unpaired) electrons. The first-order valence-electron chi connectivity index (χ1n) is 3.39. The zero-order valence-corrected chi connectivity index (χ0v) is 9.50. The van der Waals surface area contributed by atoms with E-state index < -0.39 is 19.7 Å². The molecule has 6 heteroatoms. The number of sulfone groups is 2. The molecule has 0 amide bonds. The fourth-order valence-electron chi connectivity index (χ4n) is 0.371. The van der Waals surface area contributed by atoms with Crippen molar-refractivity contribution in [1.82, 2.24) is 0 Å². The Bertz CT molecular complexity index is 278. The third-order valence-corrected chi connectivity index (χ3v) is 1.72. The first-order valence-corrected chi connectivity index (χ1v) is 7.75. The van der Waals surface area contributed by atoms with Crippen molar-refractivity contribution in [1.29, 1.82) is 0 Å². The molecular weight excluding hydrogens is 200 g/mol. The van der Waals surface area contributed by atoms with Crippen LogP contribution in [-0.4, -0.2) is 41.4 Å². The lowest BCUT2D eigenvalue weighted by Crippen LogP contribution is -2.00. The molecule has 0 bridgehead atoms. The standard InChI is InChI=1S/C4H10O2S.C2H6O2S/c1-3-4-7(2,5)6;1-5(2,3)4/h3-4H2,1-2H3;1-2H3. The van der Waals surface area contributed by atoms with E-state index in [-0.39, 0.29) is 0 Å². The fourth-order valence-corrected chi connectivity index (χ4v) is 1.11. The molecule has 0 spiro atoms. The first kappa shape index (κ1) is 14.4. The van der Waals surface area contributed by atoms with E-state index in [2.05, 4.69) is 0 Å². The van der Waals surface area contributed by atoms with Gasteiger partial charge in [0.2, 0.25) is 0 Å². The van der Waals surface area contributed by atoms with Gasteiger partial charge in [0.1, 0.15) is 19.7 Å². The third kappa shape index (κ3) is 51.6. The van der Waals surface area contributed by atoms with Crippen LogP contribution in [0.1, 0.15) is 13.3 Å². The first-order chi connectivity index (χ1) is 5.06. The lowest BCUT2D eigenvalue weighted by molar-refractivity contribution is 0.600. The molecule has 0 fully saturated rings. The molecule has 0 saturated heterocycles. The third-order valence-electron chi connectivity index (χ3n) is 0.575. The molecule has 0 unspecified atom stereocenters. The van der Waals surface area contributed by atoms with Gasteiger partial charge in [0.25, 0.3) is 0 Å². The zero-order valence-electron chi connectivity index (χ0n) is 7.86. The average Bonchev–Trinajstić information content (AvgIpc) is 1.54. The van der Waals surface area contributed by atoms with Crippen molar-refractivity contribution in [3.8, 4) is 0 Å². The highest BCUT2D eigenvalue weighted by molar-refractivity contribution is 7.90. The summed E-state index contributed by atoms with van der Waals surface area (Å²) in [6, 6.07) is 0. The molecular formula is C6H16O4S2. The molecule has 0 aromatic rings. The summed E-state index contributed by atoms with van der Waals surface area (Å²) in [6.07, 6.45) is 4.29. The summed E-state index contributed by atoms with van der Waals surface area (Å²) in [5, 5.41) is 0. The van der Waals surface area contributed by atoms with Crippen LogP contribution in [-0.2, 0) is 19.7 Å². The van der Waals surface area contributed by atoms with E-state index in [1.807, 2.05) is 6.92 Å². The predicted molar refractivity (Wildman–Crippen MR) is 50.8 cm³/mol. The minimum atomic E-state index is -2.67. The van der Waals surface area contributed by atoms with Crippen molar-refractivity contribution in [3.05, 3.63) is 0 Å². The summed E-state index contributed by atoms with van der Waals surface area (Å²) in [6.45, 7) is 1.85. The van der Waals surface area contributed by atoms with Crippen LogP contribution in [0, 0.1) is 0 Å². The Labute approximate surface area is 74.8 Å². The van der Waals surface area contributed by atoms with Crippen LogP contribution in [0.5, 0.6) is 0 Å². The number of hydrogen-bond acceptors (Lipinski definition) is 4. The van der Waals surface area contributed by atoms with E-state index in [1.165, 1.54) is 6.26 Å². The SMILES string of the molecule is CCCS(C)(=O)=O.CS(C)(=O)=O. The topological polar surface area (TPSA) is 68.3 Å². The molecule has 0 rings (SSSR count). The van der Waals surface area contributed by atoms with E-state index in [0.29, 0.717) is 5.75 Å². The summed E-state index contributed by atoms with van der Waals surface area (Å²) < 4.78 is 39.7. The van der Waals surface area contributed by atoms with Crippen molar-refractivity contribution in [2.45, 2.75) is 13.3 Å². The maximum atomic E-state index is 10.2. The minimum absolute atomic E-state index is 0.312. The smallest absolute Gasteiger partial charge is 0.147 e. The number of rotatable bonds is 2. The highest BCUT2D eigenvalue weighted by atomic mass is 32.2. The molecule has 0 aliphatic rings. The fraction of sp³-hybridized carbons (Fsp3) is 1.00. The van der Waals surface area contributed by atoms with Crippen LogP contribution in [0.2, 0.25) is 0 Å². The Morgan fingerprint density at radius 2 is 1.17 bits per heavy atom. The van der Waals surface area contributed by atoms with E-state index in [9.17, 15) is 16.8 Å². The lowest BCUT2D eigenvalue weighted by Gasteiger charge is -1.87. The number of hydrogen-bond donors (Lipinski definition) is 0. The summed E-state index contributed by atoms with van der Waals surface area (Å²) in [5.74, 6) is 0.312. The van der Waals surface area contributed by atoms with Gasteiger partial charge in [-0.25, -0.2) is 16.8 Å². The molecule has 0 atom stereocenters. The van der Waals surface area contributed by atoms with Gasteiger partial charge >= 0.3 is 0 Å². The van der Waals surface area contributed by atoms with E-state index >= 15 is 0 Å². The van der Waals surface area contributed by atoms with Crippen molar-refractivity contribution in [3.63, 3.8) is 0 Å². The van der Waals surface area contributed by atoms with Crippen LogP contribution in [0.3, 0.4) is 0 Å². The zero-order chi connectivity index (χ0) is 10.4. The second kappa shape index (κ2) is 5.53. The van der Waals surface area contributed by atoms with Gasteiger partial charge in [-0.1, -0.05) is 6.92 Å². The monoisotopic (exact) mass is 216 g/mol. The van der Waals surface area contributed by atoms with E-state index in [0.717, 1.165) is 18.9 Å². The summed E-state index contributed by atoms with van der Waals surface area (Å²) in [7, 11) is -5.34. The minimum Gasteiger partial charge on any atom is -0.229 e. The molecule has 0 aliphatic heterocycles. The molecule has 0 N–H and O–H groups in total. The van der Waals surface area contributed by atoms with Crippen molar-refractivity contribution < 1.29 is 16.8 Å². The molecule has 0 saturated carbocycles. The van der Waals surface area contributed by atoms with Gasteiger partial charge in [0, 0.05) is 24.5 Å². The second-order valence-electron chi connectivity index (χ2n) is 2.77. The molecule has 0 aromatic heterocycles. The average molecular weight is 216 g/mol. The Hall–Kier alpha value is -0.100. The normalized spacial score (nSPS) is 11.7. The van der Waals surface area contributed by atoms with Gasteiger partial charge in [-0.3, -0.25) is 0 Å². The van der Waals surface area contributed by atoms with Gasteiger partial charge < -0.3 is 0 Å². The Morgan fingerprint density at radius 1 is 0.917 bits per heavy atom. The quantitative estimate of drug-likeness (QED) is 0.656. The Balaban J connectivity index is 0. The van der Waals surface area contributed by atoms with Crippen molar-refractivity contribution >= 4 is 19.7 Å². The summed E-state index contributed by atoms with van der Waals surface area (Å²) in [4.78, 5) is 0. The second-order valence-corrected chi connectivity index (χ2v) is 7.32. The molecule has 76 valence electrons. The van der Waals surface area contributed by atoms with Gasteiger partial charge in [0.15, 0.2) is 0 Å². The molecule has 0 heterocycles. The maximum absolute atomic E-state index is 10.2. The van der Waals surface area contributed by atoms with Gasteiger partial charge in [-0.05, 0) is 6.42 Å². The van der Waals surface area contributed by atoms with Crippen LogP contribution in [0.4, 0.5) is 0 Å². The van der Waals surface area contributed by atoms with E-state index in [4.69, 9.17) is 0 Å². The Morgan fingerprint density at radius 3 is 1.17 bits per heavy atom. The largest absolute Gasteiger partial charge is 0.229 e. The van der Waals surface area contributed by atoms with Crippen LogP contribution in [0.25, 0.3) is 0 Å². The van der Waals surface area contributed by atoms with Crippen LogP contribution >= 0.6 is 0 Å². The molecule has 4 nitrogen and oxygen atoms in total.